The topological polar surface area (TPSA) is 125 Å². The molecule has 2 heterocycles. The molecule has 2 aromatic rings. The number of anilines is 1. The van der Waals surface area contributed by atoms with Gasteiger partial charge in [0.2, 0.25) is 0 Å². The number of nitrogens with two attached hydrogens (primary N) is 1. The molecular weight excluding hydrogens is 234 g/mol. The second-order valence-electron chi connectivity index (χ2n) is 3.90. The Balaban J connectivity index is 1.77. The van der Waals surface area contributed by atoms with Crippen LogP contribution < -0.4 is 11.1 Å². The highest BCUT2D eigenvalue weighted by Crippen LogP contribution is 2.11. The fraction of sp³-hybridized carbons (Fsp3) is 0.400. The molecule has 0 aliphatic rings. The Morgan fingerprint density at radius 3 is 2.94 bits per heavy atom. The van der Waals surface area contributed by atoms with E-state index >= 15 is 0 Å². The van der Waals surface area contributed by atoms with Gasteiger partial charge in [0.25, 0.3) is 5.91 Å². The number of rotatable bonds is 5. The number of H-pyrrole nitrogens is 2. The Morgan fingerprint density at radius 1 is 1.50 bits per heavy atom. The first-order valence-electron chi connectivity index (χ1n) is 5.61. The van der Waals surface area contributed by atoms with Crippen LogP contribution in [0.5, 0.6) is 0 Å². The molecular formula is C10H15N7O. The molecule has 18 heavy (non-hydrogen) atoms. The van der Waals surface area contributed by atoms with Crippen LogP contribution in [0.2, 0.25) is 0 Å². The summed E-state index contributed by atoms with van der Waals surface area (Å²) in [5.41, 5.74) is 7.04. The normalized spacial score (nSPS) is 10.5. The Bertz CT molecular complexity index is 516. The van der Waals surface area contributed by atoms with Crippen LogP contribution in [0, 0.1) is 6.92 Å². The van der Waals surface area contributed by atoms with E-state index in [0.717, 1.165) is 18.7 Å². The number of carbonyl (C=O) groups excluding carboxylic acids is 1. The molecule has 8 heteroatoms. The van der Waals surface area contributed by atoms with Crippen molar-refractivity contribution in [2.24, 2.45) is 0 Å². The number of hydrogen-bond donors (Lipinski definition) is 4. The highest BCUT2D eigenvalue weighted by Gasteiger charge is 2.14. The molecule has 0 fully saturated rings. The number of amides is 1. The smallest absolute Gasteiger partial charge is 0.273 e. The van der Waals surface area contributed by atoms with E-state index in [4.69, 9.17) is 5.73 Å². The van der Waals surface area contributed by atoms with Crippen LogP contribution in [0.15, 0.2) is 6.33 Å². The molecule has 0 aromatic carbocycles. The lowest BCUT2D eigenvalue weighted by atomic mass is 10.2. The van der Waals surface area contributed by atoms with Gasteiger partial charge in [-0.15, -0.1) is 0 Å². The van der Waals surface area contributed by atoms with Gasteiger partial charge in [-0.3, -0.25) is 15.0 Å². The van der Waals surface area contributed by atoms with Crippen LogP contribution in [0.3, 0.4) is 0 Å². The number of nitrogens with zero attached hydrogens (tertiary/aromatic N) is 3. The molecule has 96 valence electrons. The molecule has 0 radical (unpaired) electrons. The fourth-order valence-electron chi connectivity index (χ4n) is 1.50. The summed E-state index contributed by atoms with van der Waals surface area (Å²) in [5, 5.41) is 15.8. The average molecular weight is 249 g/mol. The Kier molecular flexibility index (Phi) is 3.56. The zero-order valence-electron chi connectivity index (χ0n) is 10.0. The second kappa shape index (κ2) is 5.30. The van der Waals surface area contributed by atoms with E-state index in [1.54, 1.807) is 6.92 Å². The molecule has 0 aliphatic carbocycles. The lowest BCUT2D eigenvalue weighted by Crippen LogP contribution is -2.26. The molecule has 1 amide bonds. The van der Waals surface area contributed by atoms with Crippen molar-refractivity contribution in [2.45, 2.75) is 19.8 Å². The van der Waals surface area contributed by atoms with Gasteiger partial charge in [0, 0.05) is 13.0 Å². The van der Waals surface area contributed by atoms with Crippen LogP contribution in [-0.2, 0) is 6.42 Å². The van der Waals surface area contributed by atoms with E-state index in [0.29, 0.717) is 17.9 Å². The van der Waals surface area contributed by atoms with Crippen molar-refractivity contribution in [3.8, 4) is 0 Å². The number of aromatic nitrogens is 5. The highest BCUT2D eigenvalue weighted by molar-refractivity contribution is 5.97. The van der Waals surface area contributed by atoms with Crippen molar-refractivity contribution in [1.29, 1.82) is 0 Å². The molecule has 0 spiro atoms. The van der Waals surface area contributed by atoms with Crippen molar-refractivity contribution < 1.29 is 4.79 Å². The second-order valence-corrected chi connectivity index (χ2v) is 3.90. The third-order valence-electron chi connectivity index (χ3n) is 2.55. The Hall–Kier alpha value is -2.38. The number of aryl methyl sites for hydroxylation is 2. The van der Waals surface area contributed by atoms with Gasteiger partial charge in [-0.1, -0.05) is 0 Å². The van der Waals surface area contributed by atoms with E-state index in [2.05, 4.69) is 30.7 Å². The van der Waals surface area contributed by atoms with Crippen LogP contribution in [0.1, 0.15) is 28.4 Å². The van der Waals surface area contributed by atoms with Crippen molar-refractivity contribution in [2.75, 3.05) is 12.3 Å². The van der Waals surface area contributed by atoms with E-state index in [9.17, 15) is 4.79 Å². The summed E-state index contributed by atoms with van der Waals surface area (Å²) < 4.78 is 0. The highest BCUT2D eigenvalue weighted by atomic mass is 16.1. The quantitative estimate of drug-likeness (QED) is 0.545. The summed E-state index contributed by atoms with van der Waals surface area (Å²) in [5.74, 6) is 0.536. The first-order chi connectivity index (χ1) is 8.68. The first-order valence-corrected chi connectivity index (χ1v) is 5.61. The van der Waals surface area contributed by atoms with Gasteiger partial charge in [-0.2, -0.15) is 10.2 Å². The maximum absolute atomic E-state index is 11.7. The average Bonchev–Trinajstić information content (AvgIpc) is 2.97. The molecule has 2 rings (SSSR count). The van der Waals surface area contributed by atoms with E-state index < -0.39 is 0 Å². The lowest BCUT2D eigenvalue weighted by molar-refractivity contribution is 0.0949. The number of hydrogen-bond acceptors (Lipinski definition) is 5. The molecule has 0 aliphatic heterocycles. The Labute approximate surface area is 103 Å². The first kappa shape index (κ1) is 12.1. The zero-order chi connectivity index (χ0) is 13.0. The third kappa shape index (κ3) is 2.65. The van der Waals surface area contributed by atoms with Gasteiger partial charge in [-0.05, 0) is 13.3 Å². The predicted molar refractivity (Wildman–Crippen MR) is 64.8 cm³/mol. The van der Waals surface area contributed by atoms with E-state index in [1.165, 1.54) is 6.33 Å². The molecule has 8 nitrogen and oxygen atoms in total. The van der Waals surface area contributed by atoms with Crippen molar-refractivity contribution in [3.63, 3.8) is 0 Å². The predicted octanol–water partition coefficient (Wildman–Crippen LogP) is -0.219. The minimum Gasteiger partial charge on any atom is -0.395 e. The number of aromatic amines is 2. The minimum atomic E-state index is -0.269. The Morgan fingerprint density at radius 2 is 2.33 bits per heavy atom. The van der Waals surface area contributed by atoms with Gasteiger partial charge < -0.3 is 11.1 Å². The van der Waals surface area contributed by atoms with Gasteiger partial charge in [-0.25, -0.2) is 4.98 Å². The standard InChI is InChI=1S/C10H15N7O/c1-6-8(11)9(17-15-6)10(18)12-4-2-3-7-13-5-14-16-7/h5H,2-4,11H2,1H3,(H,12,18)(H,15,17)(H,13,14,16). The van der Waals surface area contributed by atoms with Crippen molar-refractivity contribution in [3.05, 3.63) is 23.5 Å². The van der Waals surface area contributed by atoms with Crippen molar-refractivity contribution >= 4 is 11.6 Å². The summed E-state index contributed by atoms with van der Waals surface area (Å²) in [4.78, 5) is 15.7. The SMILES string of the molecule is Cc1[nH]nc(C(=O)NCCCc2ncn[nH]2)c1N. The summed E-state index contributed by atoms with van der Waals surface area (Å²) in [7, 11) is 0. The zero-order valence-corrected chi connectivity index (χ0v) is 10.0. The number of carbonyl (C=O) groups is 1. The molecule has 2 aromatic heterocycles. The largest absolute Gasteiger partial charge is 0.395 e. The summed E-state index contributed by atoms with van der Waals surface area (Å²) in [6.45, 7) is 2.30. The summed E-state index contributed by atoms with van der Waals surface area (Å²) >= 11 is 0. The van der Waals surface area contributed by atoms with Crippen molar-refractivity contribution in [1.82, 2.24) is 30.7 Å². The van der Waals surface area contributed by atoms with Gasteiger partial charge >= 0.3 is 0 Å². The maximum Gasteiger partial charge on any atom is 0.273 e. The van der Waals surface area contributed by atoms with Gasteiger partial charge in [0.1, 0.15) is 12.2 Å². The summed E-state index contributed by atoms with van der Waals surface area (Å²) in [6, 6.07) is 0. The van der Waals surface area contributed by atoms with E-state index in [-0.39, 0.29) is 11.6 Å². The van der Waals surface area contributed by atoms with Gasteiger partial charge in [0.15, 0.2) is 5.69 Å². The van der Waals surface area contributed by atoms with Crippen LogP contribution in [-0.4, -0.2) is 37.8 Å². The minimum absolute atomic E-state index is 0.243. The maximum atomic E-state index is 11.7. The van der Waals surface area contributed by atoms with Crippen LogP contribution in [0.25, 0.3) is 0 Å². The molecule has 0 bridgehead atoms. The molecule has 0 saturated heterocycles. The van der Waals surface area contributed by atoms with Gasteiger partial charge in [0.05, 0.1) is 11.4 Å². The molecule has 5 N–H and O–H groups in total. The van der Waals surface area contributed by atoms with E-state index in [1.807, 2.05) is 0 Å². The number of nitrogens with one attached hydrogen (secondary N) is 3. The summed E-state index contributed by atoms with van der Waals surface area (Å²) in [6.07, 6.45) is 2.96. The molecule has 0 atom stereocenters. The van der Waals surface area contributed by atoms with Crippen LogP contribution in [0.4, 0.5) is 5.69 Å². The molecule has 0 saturated carbocycles. The number of nitrogen functional groups attached to an aromatic ring is 1. The van der Waals surface area contributed by atoms with Crippen LogP contribution >= 0.6 is 0 Å². The lowest BCUT2D eigenvalue weighted by Gasteiger charge is -2.02. The molecule has 0 unspecified atom stereocenters. The monoisotopic (exact) mass is 249 g/mol. The third-order valence-corrected chi connectivity index (χ3v) is 2.55. The fourth-order valence-corrected chi connectivity index (χ4v) is 1.50.